The van der Waals surface area contributed by atoms with Gasteiger partial charge < -0.3 is 10.8 Å². The summed E-state index contributed by atoms with van der Waals surface area (Å²) in [5, 5.41) is 11.4. The number of benzene rings is 1. The molecule has 2 rings (SSSR count). The third-order valence-electron chi connectivity index (χ3n) is 1.87. The number of carbonyl (C=O) groups is 1. The van der Waals surface area contributed by atoms with Crippen molar-refractivity contribution in [3.8, 4) is 16.3 Å². The fourth-order valence-corrected chi connectivity index (χ4v) is 1.94. The monoisotopic (exact) mass is 220 g/mol. The lowest BCUT2D eigenvalue weighted by molar-refractivity contribution is 0.0996. The van der Waals surface area contributed by atoms with Crippen molar-refractivity contribution in [2.45, 2.75) is 0 Å². The molecule has 0 aliphatic rings. The first kappa shape index (κ1) is 9.67. The van der Waals surface area contributed by atoms with Gasteiger partial charge >= 0.3 is 0 Å². The molecule has 4 nitrogen and oxygen atoms in total. The topological polar surface area (TPSA) is 76.2 Å². The predicted molar refractivity (Wildman–Crippen MR) is 57.7 cm³/mol. The number of nitrogens with two attached hydrogens (primary N) is 1. The number of phenols is 1. The number of amides is 1. The molecule has 1 aromatic carbocycles. The molecule has 1 amide bonds. The number of aromatic nitrogens is 1. The van der Waals surface area contributed by atoms with Gasteiger partial charge in [-0.2, -0.15) is 0 Å². The van der Waals surface area contributed by atoms with E-state index in [4.69, 9.17) is 10.8 Å². The minimum Gasteiger partial charge on any atom is -0.508 e. The number of carbonyl (C=O) groups excluding carboxylic acids is 1. The second kappa shape index (κ2) is 3.70. The van der Waals surface area contributed by atoms with Gasteiger partial charge in [0.25, 0.3) is 5.91 Å². The highest BCUT2D eigenvalue weighted by atomic mass is 32.1. The first-order valence-electron chi connectivity index (χ1n) is 4.21. The molecule has 0 bridgehead atoms. The highest BCUT2D eigenvalue weighted by Crippen LogP contribution is 2.25. The number of nitrogens with zero attached hydrogens (tertiary/aromatic N) is 1. The van der Waals surface area contributed by atoms with Gasteiger partial charge in [0, 0.05) is 10.9 Å². The zero-order chi connectivity index (χ0) is 10.8. The quantitative estimate of drug-likeness (QED) is 0.807. The van der Waals surface area contributed by atoms with Gasteiger partial charge in [-0.05, 0) is 24.3 Å². The number of phenolic OH excluding ortho intramolecular Hbond substituents is 1. The van der Waals surface area contributed by atoms with Crippen molar-refractivity contribution in [2.75, 3.05) is 0 Å². The van der Waals surface area contributed by atoms with Crippen LogP contribution in [0.3, 0.4) is 0 Å². The van der Waals surface area contributed by atoms with Crippen molar-refractivity contribution in [3.05, 3.63) is 35.3 Å². The van der Waals surface area contributed by atoms with Crippen LogP contribution in [0.5, 0.6) is 5.75 Å². The van der Waals surface area contributed by atoms with E-state index in [-0.39, 0.29) is 11.4 Å². The van der Waals surface area contributed by atoms with E-state index in [0.717, 1.165) is 5.56 Å². The SMILES string of the molecule is NC(=O)c1csc(-c2ccc(O)cc2)n1. The smallest absolute Gasteiger partial charge is 0.268 e. The molecular formula is C10H8N2O2S. The molecule has 0 radical (unpaired) electrons. The summed E-state index contributed by atoms with van der Waals surface area (Å²) in [5.41, 5.74) is 6.21. The van der Waals surface area contributed by atoms with E-state index in [2.05, 4.69) is 4.98 Å². The van der Waals surface area contributed by atoms with Crippen LogP contribution in [0.25, 0.3) is 10.6 Å². The van der Waals surface area contributed by atoms with Crippen molar-refractivity contribution in [1.29, 1.82) is 0 Å². The highest BCUT2D eigenvalue weighted by Gasteiger charge is 2.08. The molecule has 0 aliphatic carbocycles. The van der Waals surface area contributed by atoms with E-state index in [1.54, 1.807) is 29.6 Å². The van der Waals surface area contributed by atoms with Crippen molar-refractivity contribution in [3.63, 3.8) is 0 Å². The first-order valence-corrected chi connectivity index (χ1v) is 5.09. The van der Waals surface area contributed by atoms with Crippen LogP contribution in [0.2, 0.25) is 0 Å². The van der Waals surface area contributed by atoms with Gasteiger partial charge in [-0.25, -0.2) is 4.98 Å². The Morgan fingerprint density at radius 2 is 2.00 bits per heavy atom. The summed E-state index contributed by atoms with van der Waals surface area (Å²) >= 11 is 1.34. The van der Waals surface area contributed by atoms with Crippen LogP contribution >= 0.6 is 11.3 Å². The Bertz CT molecular complexity index is 490. The Balaban J connectivity index is 2.37. The largest absolute Gasteiger partial charge is 0.508 e. The molecule has 2 aromatic rings. The van der Waals surface area contributed by atoms with Crippen molar-refractivity contribution in [2.24, 2.45) is 5.73 Å². The lowest BCUT2D eigenvalue weighted by atomic mass is 10.2. The maximum absolute atomic E-state index is 10.8. The van der Waals surface area contributed by atoms with Crippen LogP contribution in [-0.4, -0.2) is 16.0 Å². The molecule has 3 N–H and O–H groups in total. The lowest BCUT2D eigenvalue weighted by Gasteiger charge is -1.95. The van der Waals surface area contributed by atoms with E-state index in [0.29, 0.717) is 5.01 Å². The molecule has 0 unspecified atom stereocenters. The number of rotatable bonds is 2. The van der Waals surface area contributed by atoms with Crippen molar-refractivity contribution < 1.29 is 9.90 Å². The highest BCUT2D eigenvalue weighted by molar-refractivity contribution is 7.13. The van der Waals surface area contributed by atoms with Crippen LogP contribution in [0.1, 0.15) is 10.5 Å². The van der Waals surface area contributed by atoms with Crippen LogP contribution in [0.15, 0.2) is 29.6 Å². The first-order chi connectivity index (χ1) is 7.16. The molecule has 1 heterocycles. The molecular weight excluding hydrogens is 212 g/mol. The summed E-state index contributed by atoms with van der Waals surface area (Å²) in [7, 11) is 0. The molecule has 0 aliphatic heterocycles. The standard InChI is InChI=1S/C10H8N2O2S/c11-9(14)8-5-15-10(12-8)6-1-3-7(13)4-2-6/h1-5,13H,(H2,11,14). The minimum absolute atomic E-state index is 0.199. The van der Waals surface area contributed by atoms with Gasteiger partial charge in [-0.1, -0.05) is 0 Å². The molecule has 5 heteroatoms. The van der Waals surface area contributed by atoms with E-state index in [1.165, 1.54) is 11.3 Å². The molecule has 0 saturated heterocycles. The second-order valence-electron chi connectivity index (χ2n) is 2.95. The Kier molecular flexibility index (Phi) is 2.39. The number of primary amides is 1. The van der Waals surface area contributed by atoms with Crippen molar-refractivity contribution >= 4 is 17.2 Å². The fourth-order valence-electron chi connectivity index (χ4n) is 1.12. The fraction of sp³-hybridized carbons (Fsp3) is 0. The molecule has 0 saturated carbocycles. The Morgan fingerprint density at radius 1 is 1.33 bits per heavy atom. The van der Waals surface area contributed by atoms with Gasteiger partial charge in [-0.15, -0.1) is 11.3 Å². The van der Waals surface area contributed by atoms with E-state index in [1.807, 2.05) is 0 Å². The van der Waals surface area contributed by atoms with Gasteiger partial charge in [0.15, 0.2) is 0 Å². The minimum atomic E-state index is -0.531. The zero-order valence-corrected chi connectivity index (χ0v) is 8.49. The molecule has 15 heavy (non-hydrogen) atoms. The molecule has 0 spiro atoms. The summed E-state index contributed by atoms with van der Waals surface area (Å²) < 4.78 is 0. The number of thiazole rings is 1. The summed E-state index contributed by atoms with van der Waals surface area (Å²) in [6.45, 7) is 0. The third-order valence-corrected chi connectivity index (χ3v) is 2.76. The normalized spacial score (nSPS) is 10.1. The lowest BCUT2D eigenvalue weighted by Crippen LogP contribution is -2.10. The van der Waals surface area contributed by atoms with Crippen LogP contribution in [-0.2, 0) is 0 Å². The van der Waals surface area contributed by atoms with Crippen molar-refractivity contribution in [1.82, 2.24) is 4.98 Å². The Labute approximate surface area is 90.0 Å². The summed E-state index contributed by atoms with van der Waals surface area (Å²) in [6.07, 6.45) is 0. The molecule has 76 valence electrons. The van der Waals surface area contributed by atoms with Crippen LogP contribution < -0.4 is 5.73 Å². The number of aromatic hydroxyl groups is 1. The summed E-state index contributed by atoms with van der Waals surface area (Å²) in [4.78, 5) is 14.9. The maximum atomic E-state index is 10.8. The van der Waals surface area contributed by atoms with Gasteiger partial charge in [0.1, 0.15) is 16.5 Å². The van der Waals surface area contributed by atoms with E-state index < -0.39 is 5.91 Å². The second-order valence-corrected chi connectivity index (χ2v) is 3.81. The number of hydrogen-bond donors (Lipinski definition) is 2. The van der Waals surface area contributed by atoms with Crippen LogP contribution in [0, 0.1) is 0 Å². The Hall–Kier alpha value is -1.88. The van der Waals surface area contributed by atoms with E-state index in [9.17, 15) is 4.79 Å². The van der Waals surface area contributed by atoms with Gasteiger partial charge in [0.05, 0.1) is 0 Å². The third kappa shape index (κ3) is 1.97. The predicted octanol–water partition coefficient (Wildman–Crippen LogP) is 1.61. The Morgan fingerprint density at radius 3 is 2.53 bits per heavy atom. The molecule has 0 fully saturated rings. The maximum Gasteiger partial charge on any atom is 0.268 e. The van der Waals surface area contributed by atoms with Gasteiger partial charge in [0.2, 0.25) is 0 Å². The molecule has 0 atom stereocenters. The molecule has 1 aromatic heterocycles. The average Bonchev–Trinajstić information content (AvgIpc) is 2.68. The average molecular weight is 220 g/mol. The van der Waals surface area contributed by atoms with E-state index >= 15 is 0 Å². The summed E-state index contributed by atoms with van der Waals surface area (Å²) in [5.74, 6) is -0.332. The van der Waals surface area contributed by atoms with Crippen LogP contribution in [0.4, 0.5) is 0 Å². The van der Waals surface area contributed by atoms with Gasteiger partial charge in [-0.3, -0.25) is 4.79 Å². The number of hydrogen-bond acceptors (Lipinski definition) is 4. The zero-order valence-electron chi connectivity index (χ0n) is 7.68. The summed E-state index contributed by atoms with van der Waals surface area (Å²) in [6, 6.07) is 6.61.